The third-order valence-corrected chi connectivity index (χ3v) is 4.36. The highest BCUT2D eigenvalue weighted by atomic mass is 79.9. The first kappa shape index (κ1) is 13.8. The van der Waals surface area contributed by atoms with Gasteiger partial charge in [-0.15, -0.1) is 0 Å². The topological polar surface area (TPSA) is 69.7 Å². The Morgan fingerprint density at radius 2 is 2.11 bits per heavy atom. The highest BCUT2D eigenvalue weighted by molar-refractivity contribution is 9.10. The number of halogens is 2. The van der Waals surface area contributed by atoms with Crippen LogP contribution >= 0.6 is 26.6 Å². The number of esters is 1. The summed E-state index contributed by atoms with van der Waals surface area (Å²) in [7, 11) is 1.34. The van der Waals surface area contributed by atoms with Gasteiger partial charge in [-0.3, -0.25) is 0 Å². The molecule has 1 aliphatic rings. The molecule has 0 radical (unpaired) electrons. The van der Waals surface area contributed by atoms with Crippen molar-refractivity contribution in [2.75, 3.05) is 13.2 Å². The summed E-state index contributed by atoms with van der Waals surface area (Å²) in [5.74, 6) is -0.614. The first-order valence-electron chi connectivity index (χ1n) is 4.91. The summed E-state index contributed by atoms with van der Waals surface area (Å²) < 4.78 is 32.8. The van der Waals surface area contributed by atoms with E-state index < -0.39 is 15.0 Å². The number of rotatable bonds is 3. The van der Waals surface area contributed by atoms with Gasteiger partial charge in [0.25, 0.3) is 9.05 Å². The summed E-state index contributed by atoms with van der Waals surface area (Å²) in [6.07, 6.45) is -0.277. The highest BCUT2D eigenvalue weighted by Crippen LogP contribution is 2.24. The van der Waals surface area contributed by atoms with Gasteiger partial charge in [-0.2, -0.15) is 0 Å². The molecule has 1 aliphatic heterocycles. The Labute approximate surface area is 117 Å². The second-order valence-corrected chi connectivity index (χ2v) is 7.06. The van der Waals surface area contributed by atoms with Crippen molar-refractivity contribution in [1.29, 1.82) is 0 Å². The van der Waals surface area contributed by atoms with Crippen LogP contribution in [-0.2, 0) is 18.5 Å². The maximum atomic E-state index is 11.8. The van der Waals surface area contributed by atoms with Crippen molar-refractivity contribution in [3.8, 4) is 0 Å². The van der Waals surface area contributed by atoms with Crippen LogP contribution in [0.4, 0.5) is 0 Å². The van der Waals surface area contributed by atoms with E-state index in [2.05, 4.69) is 15.9 Å². The predicted octanol–water partition coefficient (Wildman–Crippen LogP) is 1.93. The van der Waals surface area contributed by atoms with E-state index in [0.29, 0.717) is 17.7 Å². The average Bonchev–Trinajstić information content (AvgIpc) is 2.22. The van der Waals surface area contributed by atoms with Crippen molar-refractivity contribution >= 4 is 41.6 Å². The van der Waals surface area contributed by atoms with Crippen molar-refractivity contribution in [2.45, 2.75) is 11.0 Å². The van der Waals surface area contributed by atoms with E-state index in [0.717, 1.165) is 0 Å². The lowest BCUT2D eigenvalue weighted by Crippen LogP contribution is -2.37. The van der Waals surface area contributed by atoms with Crippen LogP contribution in [0.1, 0.15) is 10.4 Å². The molecule has 0 amide bonds. The van der Waals surface area contributed by atoms with Crippen LogP contribution in [0.25, 0.3) is 0 Å². The molecule has 0 spiro atoms. The summed E-state index contributed by atoms with van der Waals surface area (Å²) >= 11 is 3.16. The van der Waals surface area contributed by atoms with Gasteiger partial charge in [-0.1, -0.05) is 0 Å². The van der Waals surface area contributed by atoms with Crippen LogP contribution in [-0.4, -0.2) is 33.7 Å². The maximum absolute atomic E-state index is 11.8. The second kappa shape index (κ2) is 5.16. The zero-order chi connectivity index (χ0) is 13.3. The molecule has 18 heavy (non-hydrogen) atoms. The maximum Gasteiger partial charge on any atom is 0.339 e. The monoisotopic (exact) mass is 354 g/mol. The fraction of sp³-hybridized carbons (Fsp3) is 0.300. The number of carbonyl (C=O) groups is 1. The molecule has 0 aliphatic carbocycles. The SMILES string of the molecule is O=C(OC1COC1)c1cc(S(=O)(=O)Cl)ccc1Br. The van der Waals surface area contributed by atoms with Crippen LogP contribution in [0.5, 0.6) is 0 Å². The Bertz CT molecular complexity index is 582. The Balaban J connectivity index is 2.28. The molecule has 0 saturated carbocycles. The van der Waals surface area contributed by atoms with Crippen LogP contribution in [0.15, 0.2) is 27.6 Å². The van der Waals surface area contributed by atoms with E-state index >= 15 is 0 Å². The lowest BCUT2D eigenvalue weighted by molar-refractivity contribution is -0.103. The molecule has 0 N–H and O–H groups in total. The highest BCUT2D eigenvalue weighted by Gasteiger charge is 2.25. The number of carbonyl (C=O) groups excluding carboxylic acids is 1. The van der Waals surface area contributed by atoms with Gasteiger partial charge in [0.05, 0.1) is 23.7 Å². The van der Waals surface area contributed by atoms with E-state index in [1.54, 1.807) is 0 Å². The van der Waals surface area contributed by atoms with Gasteiger partial charge in [0, 0.05) is 15.2 Å². The summed E-state index contributed by atoms with van der Waals surface area (Å²) in [6.45, 7) is 0.716. The van der Waals surface area contributed by atoms with Crippen LogP contribution in [0, 0.1) is 0 Å². The minimum atomic E-state index is -3.88. The van der Waals surface area contributed by atoms with Crippen molar-refractivity contribution in [3.05, 3.63) is 28.2 Å². The van der Waals surface area contributed by atoms with Crippen molar-refractivity contribution < 1.29 is 22.7 Å². The normalized spacial score (nSPS) is 16.1. The van der Waals surface area contributed by atoms with E-state index in [1.165, 1.54) is 18.2 Å². The molecule has 0 bridgehead atoms. The molecule has 1 aromatic rings. The fourth-order valence-corrected chi connectivity index (χ4v) is 2.50. The summed E-state index contributed by atoms with van der Waals surface area (Å²) in [5, 5.41) is 0. The molecule has 1 fully saturated rings. The first-order chi connectivity index (χ1) is 8.38. The van der Waals surface area contributed by atoms with Gasteiger partial charge < -0.3 is 9.47 Å². The van der Waals surface area contributed by atoms with Crippen LogP contribution in [0.3, 0.4) is 0 Å². The quantitative estimate of drug-likeness (QED) is 0.612. The Kier molecular flexibility index (Phi) is 3.96. The number of hydrogen-bond acceptors (Lipinski definition) is 5. The van der Waals surface area contributed by atoms with E-state index in [1.807, 2.05) is 0 Å². The third-order valence-electron chi connectivity index (χ3n) is 2.32. The predicted molar refractivity (Wildman–Crippen MR) is 67.2 cm³/mol. The zero-order valence-electron chi connectivity index (χ0n) is 8.93. The number of ether oxygens (including phenoxy) is 2. The molecule has 2 rings (SSSR count). The molecular formula is C10H8BrClO5S. The first-order valence-corrected chi connectivity index (χ1v) is 8.01. The minimum absolute atomic E-state index is 0.114. The van der Waals surface area contributed by atoms with Crippen molar-refractivity contribution in [2.24, 2.45) is 0 Å². The molecule has 0 unspecified atom stereocenters. The molecule has 1 aromatic carbocycles. The van der Waals surface area contributed by atoms with Gasteiger partial charge in [0.1, 0.15) is 6.10 Å². The van der Waals surface area contributed by atoms with Gasteiger partial charge >= 0.3 is 5.97 Å². The molecule has 8 heteroatoms. The second-order valence-electron chi connectivity index (χ2n) is 3.64. The van der Waals surface area contributed by atoms with Gasteiger partial charge in [0.2, 0.25) is 0 Å². The molecule has 5 nitrogen and oxygen atoms in total. The van der Waals surface area contributed by atoms with Crippen LogP contribution in [0.2, 0.25) is 0 Å². The molecule has 0 aromatic heterocycles. The molecular weight excluding hydrogens is 348 g/mol. The Hall–Kier alpha value is -0.630. The van der Waals surface area contributed by atoms with Gasteiger partial charge in [-0.05, 0) is 34.1 Å². The third kappa shape index (κ3) is 3.03. The number of benzene rings is 1. The summed E-state index contributed by atoms with van der Waals surface area (Å²) in [5.41, 5.74) is 0.114. The molecule has 1 heterocycles. The summed E-state index contributed by atoms with van der Waals surface area (Å²) in [4.78, 5) is 11.7. The van der Waals surface area contributed by atoms with E-state index in [-0.39, 0.29) is 16.6 Å². The number of hydrogen-bond donors (Lipinski definition) is 0. The molecule has 1 saturated heterocycles. The summed E-state index contributed by atoms with van der Waals surface area (Å²) in [6, 6.07) is 3.91. The Morgan fingerprint density at radius 3 is 2.61 bits per heavy atom. The zero-order valence-corrected chi connectivity index (χ0v) is 12.1. The molecule has 98 valence electrons. The van der Waals surface area contributed by atoms with E-state index in [4.69, 9.17) is 20.2 Å². The minimum Gasteiger partial charge on any atom is -0.454 e. The van der Waals surface area contributed by atoms with Gasteiger partial charge in [0.15, 0.2) is 0 Å². The lowest BCUT2D eigenvalue weighted by Gasteiger charge is -2.25. The van der Waals surface area contributed by atoms with Gasteiger partial charge in [-0.25, -0.2) is 13.2 Å². The average molecular weight is 356 g/mol. The largest absolute Gasteiger partial charge is 0.454 e. The van der Waals surface area contributed by atoms with Crippen molar-refractivity contribution in [1.82, 2.24) is 0 Å². The van der Waals surface area contributed by atoms with E-state index in [9.17, 15) is 13.2 Å². The molecule has 0 atom stereocenters. The lowest BCUT2D eigenvalue weighted by atomic mass is 10.2. The fourth-order valence-electron chi connectivity index (χ4n) is 1.31. The van der Waals surface area contributed by atoms with Crippen molar-refractivity contribution in [3.63, 3.8) is 0 Å². The van der Waals surface area contributed by atoms with Crippen LogP contribution < -0.4 is 0 Å². The Morgan fingerprint density at radius 1 is 1.44 bits per heavy atom. The standard InChI is InChI=1S/C10H8BrClO5S/c11-9-2-1-7(18(12,14)15)3-8(9)10(13)17-6-4-16-5-6/h1-3,6H,4-5H2. The smallest absolute Gasteiger partial charge is 0.339 e.